The number of benzene rings is 1. The van der Waals surface area contributed by atoms with Crippen LogP contribution in [0.3, 0.4) is 0 Å². The Morgan fingerprint density at radius 1 is 1.25 bits per heavy atom. The molecule has 1 aromatic carbocycles. The summed E-state index contributed by atoms with van der Waals surface area (Å²) in [6, 6.07) is 6.96. The maximum Gasteiger partial charge on any atom is 0.240 e. The van der Waals surface area contributed by atoms with Crippen molar-refractivity contribution in [1.82, 2.24) is 4.72 Å². The van der Waals surface area contributed by atoms with E-state index in [1.54, 1.807) is 12.1 Å². The zero-order valence-corrected chi connectivity index (χ0v) is 13.6. The summed E-state index contributed by atoms with van der Waals surface area (Å²) in [4.78, 5) is 0.329. The largest absolute Gasteiger partial charge is 0.240 e. The first-order chi connectivity index (χ1) is 9.39. The summed E-state index contributed by atoms with van der Waals surface area (Å²) in [6.45, 7) is 4.85. The molecular formula is C15H22ClNO2S. The third-order valence-electron chi connectivity index (χ3n) is 4.35. The molecule has 1 N–H and O–H groups in total. The van der Waals surface area contributed by atoms with Crippen molar-refractivity contribution in [2.75, 3.05) is 12.4 Å². The minimum Gasteiger partial charge on any atom is -0.211 e. The lowest BCUT2D eigenvalue weighted by Crippen LogP contribution is -2.32. The van der Waals surface area contributed by atoms with Crippen molar-refractivity contribution >= 4 is 21.6 Å². The molecule has 3 nitrogen and oxygen atoms in total. The van der Waals surface area contributed by atoms with Crippen LogP contribution < -0.4 is 4.72 Å². The van der Waals surface area contributed by atoms with Gasteiger partial charge < -0.3 is 0 Å². The van der Waals surface area contributed by atoms with Gasteiger partial charge in [-0.25, -0.2) is 13.1 Å². The normalized spacial score (nSPS) is 17.4. The van der Waals surface area contributed by atoms with Gasteiger partial charge in [0.1, 0.15) is 0 Å². The van der Waals surface area contributed by atoms with Gasteiger partial charge in [0.2, 0.25) is 10.0 Å². The molecule has 0 aliphatic heterocycles. The van der Waals surface area contributed by atoms with Crippen LogP contribution in [0.5, 0.6) is 0 Å². The van der Waals surface area contributed by atoms with Crippen molar-refractivity contribution in [2.24, 2.45) is 11.3 Å². The van der Waals surface area contributed by atoms with Crippen LogP contribution in [-0.2, 0) is 16.4 Å². The van der Waals surface area contributed by atoms with Gasteiger partial charge in [-0.15, -0.1) is 11.6 Å². The molecule has 0 radical (unpaired) electrons. The van der Waals surface area contributed by atoms with Gasteiger partial charge >= 0.3 is 0 Å². The van der Waals surface area contributed by atoms with Crippen LogP contribution in [0.2, 0.25) is 0 Å². The average molecular weight is 316 g/mol. The second-order valence-electron chi connectivity index (χ2n) is 5.92. The van der Waals surface area contributed by atoms with Crippen LogP contribution in [0.4, 0.5) is 0 Å². The maximum absolute atomic E-state index is 12.3. The molecule has 0 atom stereocenters. The number of sulfonamides is 1. The maximum atomic E-state index is 12.3. The smallest absolute Gasteiger partial charge is 0.211 e. The lowest BCUT2D eigenvalue weighted by molar-refractivity contribution is 0.357. The fraction of sp³-hybridized carbons (Fsp3) is 0.600. The summed E-state index contributed by atoms with van der Waals surface area (Å²) in [7, 11) is -3.40. The molecule has 0 aromatic heterocycles. The van der Waals surface area contributed by atoms with Crippen LogP contribution in [0.15, 0.2) is 29.2 Å². The predicted octanol–water partition coefficient (Wildman–Crippen LogP) is 3.18. The molecule has 1 aromatic rings. The molecule has 0 bridgehead atoms. The van der Waals surface area contributed by atoms with Crippen LogP contribution in [0, 0.1) is 11.3 Å². The molecule has 1 fully saturated rings. The second kappa shape index (κ2) is 6.04. The Hall–Kier alpha value is -0.580. The number of nitrogens with one attached hydrogen (secondary N) is 1. The van der Waals surface area contributed by atoms with Gasteiger partial charge in [0.05, 0.1) is 4.90 Å². The molecule has 0 amide bonds. The van der Waals surface area contributed by atoms with Gasteiger partial charge in [-0.05, 0) is 48.3 Å². The van der Waals surface area contributed by atoms with Crippen molar-refractivity contribution in [3.05, 3.63) is 29.8 Å². The quantitative estimate of drug-likeness (QED) is 0.785. The van der Waals surface area contributed by atoms with Crippen LogP contribution in [0.25, 0.3) is 0 Å². The fourth-order valence-electron chi connectivity index (χ4n) is 2.39. The van der Waals surface area contributed by atoms with E-state index in [1.165, 1.54) is 0 Å². The Morgan fingerprint density at radius 2 is 1.85 bits per heavy atom. The number of rotatable bonds is 7. The Morgan fingerprint density at radius 3 is 2.30 bits per heavy atom. The van der Waals surface area contributed by atoms with Crippen LogP contribution in [0.1, 0.15) is 32.3 Å². The monoisotopic (exact) mass is 315 g/mol. The van der Waals surface area contributed by atoms with Gasteiger partial charge in [0.25, 0.3) is 0 Å². The molecule has 0 unspecified atom stereocenters. The standard InChI is InChI=1S/C15H22ClNO2S/c1-12(2)15(8-9-15)11-17-20(18,19)14-5-3-13(4-6-14)7-10-16/h3-6,12,17H,7-11H2,1-2H3. The molecule has 112 valence electrons. The minimum atomic E-state index is -3.40. The highest BCUT2D eigenvalue weighted by Gasteiger charge is 2.45. The second-order valence-corrected chi connectivity index (χ2v) is 8.07. The molecule has 2 rings (SSSR count). The summed E-state index contributed by atoms with van der Waals surface area (Å²) < 4.78 is 27.3. The number of alkyl halides is 1. The molecule has 1 saturated carbocycles. The van der Waals surface area contributed by atoms with Gasteiger partial charge in [-0.2, -0.15) is 0 Å². The molecule has 0 heterocycles. The molecule has 0 saturated heterocycles. The van der Waals surface area contributed by atoms with E-state index in [-0.39, 0.29) is 5.41 Å². The topological polar surface area (TPSA) is 46.2 Å². The third-order valence-corrected chi connectivity index (χ3v) is 5.95. The van der Waals surface area contributed by atoms with Gasteiger partial charge in [-0.1, -0.05) is 26.0 Å². The minimum absolute atomic E-state index is 0.172. The summed E-state index contributed by atoms with van der Waals surface area (Å²) in [5.41, 5.74) is 1.23. The van der Waals surface area contributed by atoms with Crippen LogP contribution in [-0.4, -0.2) is 20.8 Å². The van der Waals surface area contributed by atoms with E-state index in [1.807, 2.05) is 12.1 Å². The Kier molecular flexibility index (Phi) is 4.77. The number of halogens is 1. The zero-order valence-electron chi connectivity index (χ0n) is 12.0. The molecular weight excluding hydrogens is 294 g/mol. The third kappa shape index (κ3) is 3.54. The molecule has 5 heteroatoms. The Balaban J connectivity index is 2.03. The molecule has 1 aliphatic carbocycles. The summed E-state index contributed by atoms with van der Waals surface area (Å²) in [6.07, 6.45) is 2.98. The average Bonchev–Trinajstić information content (AvgIpc) is 3.19. The van der Waals surface area contributed by atoms with E-state index in [0.29, 0.717) is 23.2 Å². The van der Waals surface area contributed by atoms with Crippen molar-refractivity contribution in [2.45, 2.75) is 38.0 Å². The summed E-state index contributed by atoms with van der Waals surface area (Å²) >= 11 is 5.67. The van der Waals surface area contributed by atoms with Crippen molar-refractivity contribution in [1.29, 1.82) is 0 Å². The molecule has 0 spiro atoms. The van der Waals surface area contributed by atoms with E-state index in [2.05, 4.69) is 18.6 Å². The highest BCUT2D eigenvalue weighted by Crippen LogP contribution is 2.51. The van der Waals surface area contributed by atoms with E-state index < -0.39 is 10.0 Å². The van der Waals surface area contributed by atoms with Gasteiger partial charge in [-0.3, -0.25) is 0 Å². The zero-order chi connectivity index (χ0) is 14.8. The van der Waals surface area contributed by atoms with Gasteiger partial charge in [0.15, 0.2) is 0 Å². The Bertz CT molecular complexity index is 548. The first-order valence-corrected chi connectivity index (χ1v) is 9.06. The number of hydrogen-bond acceptors (Lipinski definition) is 2. The SMILES string of the molecule is CC(C)C1(CNS(=O)(=O)c2ccc(CCCl)cc2)CC1. The lowest BCUT2D eigenvalue weighted by Gasteiger charge is -2.20. The van der Waals surface area contributed by atoms with E-state index >= 15 is 0 Å². The Labute approximate surface area is 126 Å². The van der Waals surface area contributed by atoms with Crippen molar-refractivity contribution in [3.63, 3.8) is 0 Å². The molecule has 20 heavy (non-hydrogen) atoms. The van der Waals surface area contributed by atoms with E-state index in [0.717, 1.165) is 24.8 Å². The first-order valence-electron chi connectivity index (χ1n) is 7.04. The number of aryl methyl sites for hydroxylation is 1. The fourth-order valence-corrected chi connectivity index (χ4v) is 3.74. The highest BCUT2D eigenvalue weighted by atomic mass is 35.5. The van der Waals surface area contributed by atoms with Gasteiger partial charge in [0, 0.05) is 12.4 Å². The van der Waals surface area contributed by atoms with Crippen molar-refractivity contribution in [3.8, 4) is 0 Å². The van der Waals surface area contributed by atoms with Crippen LogP contribution >= 0.6 is 11.6 Å². The van der Waals surface area contributed by atoms with Crippen molar-refractivity contribution < 1.29 is 8.42 Å². The molecule has 1 aliphatic rings. The van der Waals surface area contributed by atoms with E-state index in [9.17, 15) is 8.42 Å². The van der Waals surface area contributed by atoms with E-state index in [4.69, 9.17) is 11.6 Å². The number of hydrogen-bond donors (Lipinski definition) is 1. The summed E-state index contributed by atoms with van der Waals surface area (Å²) in [5, 5.41) is 0. The predicted molar refractivity (Wildman–Crippen MR) is 82.6 cm³/mol. The first kappa shape index (κ1) is 15.8. The lowest BCUT2D eigenvalue weighted by atomic mass is 9.93. The summed E-state index contributed by atoms with van der Waals surface area (Å²) in [5.74, 6) is 1.05. The highest BCUT2D eigenvalue weighted by molar-refractivity contribution is 7.89.